The second kappa shape index (κ2) is 19.2. The minimum absolute atomic E-state index is 0.0309. The zero-order valence-corrected chi connectivity index (χ0v) is 20.0. The molecule has 0 aliphatic heterocycles. The number of benzene rings is 1. The Morgan fingerprint density at radius 1 is 1.00 bits per heavy atom. The Morgan fingerprint density at radius 2 is 1.66 bits per heavy atom. The number of hydrogen-bond acceptors (Lipinski definition) is 5. The van der Waals surface area contributed by atoms with Crippen molar-refractivity contribution in [2.75, 3.05) is 5.32 Å². The van der Waals surface area contributed by atoms with Gasteiger partial charge in [-0.25, -0.2) is 4.98 Å². The molecule has 32 heavy (non-hydrogen) atoms. The number of hydrogen-bond donors (Lipinski definition) is 2. The highest BCUT2D eigenvalue weighted by Crippen LogP contribution is 2.15. The van der Waals surface area contributed by atoms with Crippen LogP contribution in [0.2, 0.25) is 0 Å². The summed E-state index contributed by atoms with van der Waals surface area (Å²) in [6, 6.07) is 9.47. The minimum Gasteiger partial charge on any atom is -0.508 e. The van der Waals surface area contributed by atoms with E-state index in [9.17, 15) is 19.5 Å². The number of nitrogens with one attached hydrogen (secondary N) is 1. The number of aldehydes is 2. The normalized spacial score (nSPS) is 8.84. The summed E-state index contributed by atoms with van der Waals surface area (Å²) in [5, 5.41) is 12.1. The van der Waals surface area contributed by atoms with Crippen molar-refractivity contribution in [3.05, 3.63) is 72.2 Å². The molecule has 0 bridgehead atoms. The Balaban J connectivity index is 0. The van der Waals surface area contributed by atoms with Crippen molar-refractivity contribution < 1.29 is 19.5 Å². The maximum Gasteiger partial charge on any atom is 0.255 e. The molecule has 0 saturated heterocycles. The molecule has 0 saturated carbocycles. The quantitative estimate of drug-likeness (QED) is 0.385. The van der Waals surface area contributed by atoms with Crippen molar-refractivity contribution in [1.82, 2.24) is 9.38 Å². The van der Waals surface area contributed by atoms with Gasteiger partial charge in [-0.1, -0.05) is 53.7 Å². The lowest BCUT2D eigenvalue weighted by Gasteiger charge is -2.06. The van der Waals surface area contributed by atoms with Crippen LogP contribution >= 0.6 is 0 Å². The summed E-state index contributed by atoms with van der Waals surface area (Å²) in [7, 11) is 0. The van der Waals surface area contributed by atoms with Crippen LogP contribution in [0.3, 0.4) is 0 Å². The van der Waals surface area contributed by atoms with Crippen LogP contribution in [0.5, 0.6) is 5.75 Å². The van der Waals surface area contributed by atoms with E-state index in [2.05, 4.69) is 10.3 Å². The number of carbonyl (C=O) groups excluding carboxylic acids is 3. The Bertz CT molecular complexity index is 963. The van der Waals surface area contributed by atoms with E-state index in [4.69, 9.17) is 0 Å². The van der Waals surface area contributed by atoms with E-state index in [1.807, 2.05) is 41.5 Å². The zero-order chi connectivity index (χ0) is 24.9. The van der Waals surface area contributed by atoms with Crippen LogP contribution < -0.4 is 5.32 Å². The Hall–Kier alpha value is -3.74. The molecule has 2 N–H and O–H groups in total. The highest BCUT2D eigenvalue weighted by molar-refractivity contribution is 6.04. The second-order valence-corrected chi connectivity index (χ2v) is 5.13. The van der Waals surface area contributed by atoms with Crippen molar-refractivity contribution in [3.63, 3.8) is 0 Å². The van der Waals surface area contributed by atoms with Gasteiger partial charge in [-0.05, 0) is 43.3 Å². The molecular formula is C25H35N3O4. The van der Waals surface area contributed by atoms with Gasteiger partial charge in [-0.2, -0.15) is 0 Å². The summed E-state index contributed by atoms with van der Waals surface area (Å²) in [4.78, 5) is 36.1. The Labute approximate surface area is 190 Å². The van der Waals surface area contributed by atoms with Gasteiger partial charge in [0, 0.05) is 18.0 Å². The number of pyridine rings is 1. The van der Waals surface area contributed by atoms with Crippen LogP contribution in [-0.4, -0.2) is 33.0 Å². The van der Waals surface area contributed by atoms with Gasteiger partial charge >= 0.3 is 0 Å². The van der Waals surface area contributed by atoms with E-state index in [-0.39, 0.29) is 11.7 Å². The average molecular weight is 442 g/mol. The van der Waals surface area contributed by atoms with E-state index < -0.39 is 0 Å². The number of phenols is 1. The van der Waals surface area contributed by atoms with Crippen molar-refractivity contribution in [2.24, 2.45) is 0 Å². The first-order valence-corrected chi connectivity index (χ1v) is 10.7. The fraction of sp³-hybridized carbons (Fsp3) is 0.280. The summed E-state index contributed by atoms with van der Waals surface area (Å²) in [5.74, 6) is -0.302. The first-order chi connectivity index (χ1) is 15.6. The lowest BCUT2D eigenvalue weighted by molar-refractivity contribution is -0.104. The van der Waals surface area contributed by atoms with Crippen molar-refractivity contribution >= 4 is 29.8 Å². The molecule has 3 rings (SSSR count). The molecule has 0 unspecified atom stereocenters. The van der Waals surface area contributed by atoms with Gasteiger partial charge in [0.1, 0.15) is 23.4 Å². The number of rotatable bonds is 4. The molecule has 7 heteroatoms. The molecule has 174 valence electrons. The van der Waals surface area contributed by atoms with Gasteiger partial charge in [0.05, 0.1) is 5.69 Å². The van der Waals surface area contributed by atoms with Gasteiger partial charge in [-0.15, -0.1) is 0 Å². The van der Waals surface area contributed by atoms with Crippen molar-refractivity contribution in [2.45, 2.75) is 48.5 Å². The molecule has 0 spiro atoms. The van der Waals surface area contributed by atoms with Crippen molar-refractivity contribution in [3.8, 4) is 5.75 Å². The maximum atomic E-state index is 12.1. The highest BCUT2D eigenvalue weighted by Gasteiger charge is 2.08. The van der Waals surface area contributed by atoms with E-state index in [1.165, 1.54) is 18.2 Å². The van der Waals surface area contributed by atoms with Crippen LogP contribution in [0.25, 0.3) is 5.65 Å². The molecule has 3 aromatic rings. The fourth-order valence-corrected chi connectivity index (χ4v) is 2.07. The number of phenolic OH excluding ortho intramolecular Hbond substituents is 1. The topological polar surface area (TPSA) is 101 Å². The maximum absolute atomic E-state index is 12.1. The SMILES string of the molecule is C/C=C/C=O.CC.CC.CC.O=Cc1cn2cc(NC(=O)c3cccc(O)c3)ccc2n1. The van der Waals surface area contributed by atoms with E-state index in [1.54, 1.807) is 54.1 Å². The molecule has 0 radical (unpaired) electrons. The molecule has 2 aromatic heterocycles. The number of imidazole rings is 1. The molecule has 7 nitrogen and oxygen atoms in total. The highest BCUT2D eigenvalue weighted by atomic mass is 16.3. The van der Waals surface area contributed by atoms with Crippen LogP contribution in [-0.2, 0) is 4.79 Å². The third-order valence-electron chi connectivity index (χ3n) is 3.23. The third kappa shape index (κ3) is 10.9. The first-order valence-electron chi connectivity index (χ1n) is 10.7. The first kappa shape index (κ1) is 30.5. The number of amides is 1. The van der Waals surface area contributed by atoms with E-state index in [0.717, 1.165) is 6.29 Å². The monoisotopic (exact) mass is 441 g/mol. The average Bonchev–Trinajstić information content (AvgIpc) is 3.26. The van der Waals surface area contributed by atoms with Crippen LogP contribution in [0.1, 0.15) is 69.3 Å². The predicted molar refractivity (Wildman–Crippen MR) is 132 cm³/mol. The summed E-state index contributed by atoms with van der Waals surface area (Å²) in [5.41, 5.74) is 1.86. The lowest BCUT2D eigenvalue weighted by Crippen LogP contribution is -2.12. The molecule has 0 fully saturated rings. The molecular weight excluding hydrogens is 406 g/mol. The number of aromatic nitrogens is 2. The van der Waals surface area contributed by atoms with Gasteiger partial charge in [-0.3, -0.25) is 14.4 Å². The van der Waals surface area contributed by atoms with E-state index in [0.29, 0.717) is 28.9 Å². The number of fused-ring (bicyclic) bond motifs is 1. The Morgan fingerprint density at radius 3 is 2.16 bits per heavy atom. The number of carbonyl (C=O) groups is 3. The van der Waals surface area contributed by atoms with E-state index >= 15 is 0 Å². The molecule has 2 heterocycles. The standard InChI is InChI=1S/C15H11N3O3.C4H6O.3C2H6/c19-9-12-8-18-7-11(4-5-14(18)16-12)17-15(21)10-2-1-3-13(20)6-10;1-2-3-4-5;3*1-2/h1-9,20H,(H,17,21);2-4H,1H3;3*1-2H3/b;3-2+;;;. The number of allylic oxidation sites excluding steroid dienone is 2. The van der Waals surface area contributed by atoms with Crippen LogP contribution in [0.4, 0.5) is 5.69 Å². The molecule has 0 atom stereocenters. The Kier molecular flexibility index (Phi) is 18.3. The van der Waals surface area contributed by atoms with Gasteiger partial charge in [0.15, 0.2) is 6.29 Å². The zero-order valence-electron chi connectivity index (χ0n) is 20.0. The molecule has 0 aliphatic rings. The molecule has 0 aliphatic carbocycles. The summed E-state index contributed by atoms with van der Waals surface area (Å²) >= 11 is 0. The van der Waals surface area contributed by atoms with Gasteiger partial charge in [0.25, 0.3) is 5.91 Å². The summed E-state index contributed by atoms with van der Waals surface area (Å²) in [6.07, 6.45) is 7.79. The summed E-state index contributed by atoms with van der Waals surface area (Å²) in [6.45, 7) is 13.8. The summed E-state index contributed by atoms with van der Waals surface area (Å²) < 4.78 is 1.65. The van der Waals surface area contributed by atoms with Gasteiger partial charge < -0.3 is 14.8 Å². The van der Waals surface area contributed by atoms with Gasteiger partial charge in [0.2, 0.25) is 0 Å². The largest absolute Gasteiger partial charge is 0.508 e. The number of nitrogens with zero attached hydrogens (tertiary/aromatic N) is 2. The fourth-order valence-electron chi connectivity index (χ4n) is 2.07. The van der Waals surface area contributed by atoms with Crippen LogP contribution in [0.15, 0.2) is 60.9 Å². The number of anilines is 1. The second-order valence-electron chi connectivity index (χ2n) is 5.13. The molecule has 1 aromatic carbocycles. The van der Waals surface area contributed by atoms with Crippen LogP contribution in [0, 0.1) is 0 Å². The third-order valence-corrected chi connectivity index (χ3v) is 3.23. The smallest absolute Gasteiger partial charge is 0.255 e. The van der Waals surface area contributed by atoms with Crippen molar-refractivity contribution in [1.29, 1.82) is 0 Å². The molecule has 1 amide bonds. The lowest BCUT2D eigenvalue weighted by atomic mass is 10.2. The predicted octanol–water partition coefficient (Wildman–Crippen LogP) is 5.94. The number of aromatic hydroxyl groups is 1. The minimum atomic E-state index is -0.332.